The van der Waals surface area contributed by atoms with Crippen LogP contribution >= 0.6 is 0 Å². The second-order valence-corrected chi connectivity index (χ2v) is 11.9. The fourth-order valence-electron chi connectivity index (χ4n) is 5.40. The summed E-state index contributed by atoms with van der Waals surface area (Å²) in [6.45, 7) is 7.36. The molecule has 3 atom stereocenters. The first-order valence-corrected chi connectivity index (χ1v) is 17.7. The number of carbonyl (C=O) groups is 3. The van der Waals surface area contributed by atoms with Crippen LogP contribution in [0, 0.1) is 0 Å². The van der Waals surface area contributed by atoms with Gasteiger partial charge in [-0.2, -0.15) is 0 Å². The molecule has 0 aromatic rings. The third-order valence-electron chi connectivity index (χ3n) is 8.03. The molecule has 9 nitrogen and oxygen atoms in total. The molecule has 0 radical (unpaired) electrons. The van der Waals surface area contributed by atoms with Crippen molar-refractivity contribution >= 4 is 18.2 Å². The van der Waals surface area contributed by atoms with E-state index in [1.54, 1.807) is 6.92 Å². The third-order valence-corrected chi connectivity index (χ3v) is 8.03. The van der Waals surface area contributed by atoms with E-state index in [2.05, 4.69) is 24.5 Å². The van der Waals surface area contributed by atoms with Crippen molar-refractivity contribution in [2.45, 2.75) is 174 Å². The van der Waals surface area contributed by atoms with Crippen LogP contribution in [0.15, 0.2) is 0 Å². The summed E-state index contributed by atoms with van der Waals surface area (Å²) < 4.78 is 21.8. The van der Waals surface area contributed by atoms with Crippen molar-refractivity contribution in [2.24, 2.45) is 0 Å². The summed E-state index contributed by atoms with van der Waals surface area (Å²) in [6.07, 6.45) is 22.0. The Morgan fingerprint density at radius 3 is 1.86 bits per heavy atom. The number of nitrogens with one attached hydrogen (secondary N) is 2. The number of hydrogen-bond donors (Lipinski definition) is 2. The Kier molecular flexibility index (Phi) is 25.0. The lowest BCUT2D eigenvalue weighted by atomic mass is 10.0. The maximum absolute atomic E-state index is 12.4. The molecule has 252 valence electrons. The molecule has 9 heteroatoms. The molecule has 0 spiro atoms. The van der Waals surface area contributed by atoms with Crippen LogP contribution in [0.5, 0.6) is 0 Å². The van der Waals surface area contributed by atoms with Crippen molar-refractivity contribution in [3.8, 4) is 0 Å². The van der Waals surface area contributed by atoms with Gasteiger partial charge in [0, 0.05) is 13.2 Å². The van der Waals surface area contributed by atoms with E-state index < -0.39 is 36.4 Å². The predicted molar refractivity (Wildman–Crippen MR) is 171 cm³/mol. The van der Waals surface area contributed by atoms with Crippen molar-refractivity contribution in [1.29, 1.82) is 0 Å². The standard InChI is InChI=1S/C34H64N2O7/c1-4-7-9-10-11-12-13-14-15-16-17-18-19-20-22-26-35-33(38)43-30-25-23-27-41-31(30)28-42-34(39)36-29(24-21-8-5-2)32(37)40-6-3/h29-31H,4-28H2,1-3H3,(H,35,38)(H,36,39). The topological polar surface area (TPSA) is 112 Å². The molecule has 1 fully saturated rings. The average Bonchev–Trinajstić information content (AvgIpc) is 3.00. The number of amides is 2. The van der Waals surface area contributed by atoms with E-state index in [0.29, 0.717) is 26.0 Å². The minimum Gasteiger partial charge on any atom is -0.464 e. The van der Waals surface area contributed by atoms with E-state index in [9.17, 15) is 14.4 Å². The van der Waals surface area contributed by atoms with Gasteiger partial charge in [-0.1, -0.05) is 123 Å². The van der Waals surface area contributed by atoms with E-state index in [1.165, 1.54) is 83.5 Å². The van der Waals surface area contributed by atoms with Crippen molar-refractivity contribution in [2.75, 3.05) is 26.4 Å². The molecule has 0 bridgehead atoms. The second-order valence-electron chi connectivity index (χ2n) is 11.9. The van der Waals surface area contributed by atoms with Crippen molar-refractivity contribution < 1.29 is 33.3 Å². The van der Waals surface area contributed by atoms with Gasteiger partial charge in [0.05, 0.1) is 6.61 Å². The minimum atomic E-state index is -0.746. The van der Waals surface area contributed by atoms with Gasteiger partial charge in [0.2, 0.25) is 0 Å². The molecule has 0 aromatic carbocycles. The van der Waals surface area contributed by atoms with Crippen molar-refractivity contribution in [3.05, 3.63) is 0 Å². The van der Waals surface area contributed by atoms with E-state index >= 15 is 0 Å². The number of ether oxygens (including phenoxy) is 4. The van der Waals surface area contributed by atoms with E-state index in [0.717, 1.165) is 38.5 Å². The van der Waals surface area contributed by atoms with Gasteiger partial charge in [-0.3, -0.25) is 0 Å². The number of unbranched alkanes of at least 4 members (excludes halogenated alkanes) is 16. The number of carbonyl (C=O) groups excluding carboxylic acids is 3. The van der Waals surface area contributed by atoms with Gasteiger partial charge in [-0.15, -0.1) is 0 Å². The van der Waals surface area contributed by atoms with Gasteiger partial charge < -0.3 is 29.6 Å². The van der Waals surface area contributed by atoms with E-state index in [4.69, 9.17) is 18.9 Å². The van der Waals surface area contributed by atoms with Crippen LogP contribution in [0.2, 0.25) is 0 Å². The fraction of sp³-hybridized carbons (Fsp3) is 0.912. The first kappa shape index (κ1) is 39.0. The third kappa shape index (κ3) is 21.3. The summed E-state index contributed by atoms with van der Waals surface area (Å²) in [5.74, 6) is -0.462. The molecule has 3 unspecified atom stereocenters. The zero-order valence-electron chi connectivity index (χ0n) is 27.8. The maximum Gasteiger partial charge on any atom is 0.407 e. The molecular weight excluding hydrogens is 548 g/mol. The largest absolute Gasteiger partial charge is 0.464 e. The number of hydrogen-bond acceptors (Lipinski definition) is 7. The maximum atomic E-state index is 12.4. The molecule has 1 aliphatic rings. The van der Waals surface area contributed by atoms with E-state index in [1.807, 2.05) is 0 Å². The monoisotopic (exact) mass is 612 g/mol. The minimum absolute atomic E-state index is 0.0622. The molecule has 2 N–H and O–H groups in total. The molecule has 2 amide bonds. The number of rotatable bonds is 26. The summed E-state index contributed by atoms with van der Waals surface area (Å²) in [4.78, 5) is 37.0. The van der Waals surface area contributed by atoms with Crippen LogP contribution < -0.4 is 10.6 Å². The van der Waals surface area contributed by atoms with Gasteiger partial charge >= 0.3 is 18.2 Å². The normalized spacial score (nSPS) is 17.2. The van der Waals surface area contributed by atoms with Crippen LogP contribution in [-0.4, -0.2) is 62.8 Å². The van der Waals surface area contributed by atoms with Gasteiger partial charge in [-0.25, -0.2) is 14.4 Å². The second kappa shape index (κ2) is 27.5. The molecule has 1 rings (SSSR count). The number of alkyl carbamates (subject to hydrolysis) is 2. The Labute approximate surface area is 262 Å². The summed E-state index contributed by atoms with van der Waals surface area (Å²) in [7, 11) is 0. The molecule has 0 saturated carbocycles. The van der Waals surface area contributed by atoms with Gasteiger partial charge in [0.1, 0.15) is 24.9 Å². The molecule has 0 aliphatic carbocycles. The molecule has 1 saturated heterocycles. The Balaban J connectivity index is 2.15. The van der Waals surface area contributed by atoms with Gasteiger partial charge in [-0.05, 0) is 32.6 Å². The molecular formula is C34H64N2O7. The SMILES string of the molecule is CCCCCCCCCCCCCCCCCNC(=O)OC1CCCOC1COC(=O)NC(CCCCC)C(=O)OCC. The fourth-order valence-corrected chi connectivity index (χ4v) is 5.40. The van der Waals surface area contributed by atoms with Gasteiger partial charge in [0.15, 0.2) is 0 Å². The van der Waals surface area contributed by atoms with Crippen LogP contribution in [-0.2, 0) is 23.7 Å². The van der Waals surface area contributed by atoms with Crippen LogP contribution in [0.4, 0.5) is 9.59 Å². The highest BCUT2D eigenvalue weighted by atomic mass is 16.6. The summed E-state index contributed by atoms with van der Waals surface area (Å²) in [6, 6.07) is -0.746. The van der Waals surface area contributed by atoms with Gasteiger partial charge in [0.25, 0.3) is 0 Å². The van der Waals surface area contributed by atoms with Crippen LogP contribution in [0.1, 0.15) is 156 Å². The zero-order chi connectivity index (χ0) is 31.4. The van der Waals surface area contributed by atoms with Crippen molar-refractivity contribution in [1.82, 2.24) is 10.6 Å². The Hall–Kier alpha value is -2.03. The quantitative estimate of drug-likeness (QED) is 0.0573. The first-order valence-electron chi connectivity index (χ1n) is 17.7. The van der Waals surface area contributed by atoms with Crippen LogP contribution in [0.3, 0.4) is 0 Å². The van der Waals surface area contributed by atoms with E-state index in [-0.39, 0.29) is 13.2 Å². The number of esters is 1. The highest BCUT2D eigenvalue weighted by Gasteiger charge is 2.31. The highest BCUT2D eigenvalue weighted by molar-refractivity contribution is 5.81. The Morgan fingerprint density at radius 2 is 1.28 bits per heavy atom. The lowest BCUT2D eigenvalue weighted by molar-refractivity contribution is -0.145. The highest BCUT2D eigenvalue weighted by Crippen LogP contribution is 2.18. The first-order chi connectivity index (χ1) is 21.0. The summed E-state index contributed by atoms with van der Waals surface area (Å²) >= 11 is 0. The Bertz CT molecular complexity index is 706. The lowest BCUT2D eigenvalue weighted by Crippen LogP contribution is -2.46. The van der Waals surface area contributed by atoms with Crippen molar-refractivity contribution in [3.63, 3.8) is 0 Å². The average molecular weight is 613 g/mol. The smallest absolute Gasteiger partial charge is 0.407 e. The molecule has 1 aliphatic heterocycles. The molecule has 0 aromatic heterocycles. The lowest BCUT2D eigenvalue weighted by Gasteiger charge is -2.31. The zero-order valence-corrected chi connectivity index (χ0v) is 27.8. The summed E-state index contributed by atoms with van der Waals surface area (Å²) in [5.41, 5.74) is 0. The van der Waals surface area contributed by atoms with Crippen LogP contribution in [0.25, 0.3) is 0 Å². The Morgan fingerprint density at radius 1 is 0.721 bits per heavy atom. The molecule has 43 heavy (non-hydrogen) atoms. The predicted octanol–water partition coefficient (Wildman–Crippen LogP) is 8.37. The summed E-state index contributed by atoms with van der Waals surface area (Å²) in [5, 5.41) is 5.47. The molecule has 1 heterocycles.